The largest absolute Gasteiger partial charge is 0.352 e. The van der Waals surface area contributed by atoms with Crippen LogP contribution in [0.1, 0.15) is 60.4 Å². The Balaban J connectivity index is 1.79. The van der Waals surface area contributed by atoms with Crippen LogP contribution < -0.4 is 5.32 Å². The Hall–Kier alpha value is -2.62. The van der Waals surface area contributed by atoms with Gasteiger partial charge in [0.1, 0.15) is 6.04 Å². The molecule has 1 fully saturated rings. The van der Waals surface area contributed by atoms with Gasteiger partial charge in [0.2, 0.25) is 11.8 Å². The third-order valence-corrected chi connectivity index (χ3v) is 6.40. The number of carbonyl (C=O) groups excluding carboxylic acids is 2. The number of aryl methyl sites for hydroxylation is 3. The number of hydrogen-bond acceptors (Lipinski definition) is 2. The van der Waals surface area contributed by atoms with Gasteiger partial charge in [-0.15, -0.1) is 0 Å². The quantitative estimate of drug-likeness (QED) is 0.729. The number of carbonyl (C=O) groups is 2. The fraction of sp³-hybridized carbons (Fsp3) is 0.462. The lowest BCUT2D eigenvalue weighted by Crippen LogP contribution is -2.50. The summed E-state index contributed by atoms with van der Waals surface area (Å²) in [5, 5.41) is 3.16. The van der Waals surface area contributed by atoms with Crippen molar-refractivity contribution < 1.29 is 9.59 Å². The molecule has 0 spiro atoms. The van der Waals surface area contributed by atoms with E-state index in [9.17, 15) is 9.59 Å². The molecule has 1 unspecified atom stereocenters. The van der Waals surface area contributed by atoms with E-state index in [1.165, 1.54) is 11.1 Å². The fourth-order valence-electron chi connectivity index (χ4n) is 4.14. The van der Waals surface area contributed by atoms with Crippen LogP contribution in [0.25, 0.3) is 0 Å². The molecule has 1 saturated carbocycles. The predicted molar refractivity (Wildman–Crippen MR) is 121 cm³/mol. The van der Waals surface area contributed by atoms with E-state index < -0.39 is 6.04 Å². The molecule has 160 valence electrons. The van der Waals surface area contributed by atoms with Crippen molar-refractivity contribution >= 4 is 11.8 Å². The zero-order valence-electron chi connectivity index (χ0n) is 18.7. The average molecular weight is 407 g/mol. The summed E-state index contributed by atoms with van der Waals surface area (Å²) in [6.07, 6.45) is 4.70. The van der Waals surface area contributed by atoms with Gasteiger partial charge in [-0.3, -0.25) is 9.59 Å². The lowest BCUT2D eigenvalue weighted by Gasteiger charge is -2.30. The van der Waals surface area contributed by atoms with Gasteiger partial charge in [0.25, 0.3) is 0 Å². The lowest BCUT2D eigenvalue weighted by atomic mass is 10.0. The molecule has 2 aromatic carbocycles. The molecular weight excluding hydrogens is 372 g/mol. The summed E-state index contributed by atoms with van der Waals surface area (Å²) in [5.74, 6) is -0.0699. The number of rotatable bonds is 7. The summed E-state index contributed by atoms with van der Waals surface area (Å²) in [7, 11) is 0. The van der Waals surface area contributed by atoms with Crippen molar-refractivity contribution in [2.75, 3.05) is 0 Å². The van der Waals surface area contributed by atoms with Gasteiger partial charge in [0.05, 0.1) is 6.42 Å². The zero-order chi connectivity index (χ0) is 21.7. The molecule has 2 amide bonds. The van der Waals surface area contributed by atoms with Gasteiger partial charge in [0.15, 0.2) is 0 Å². The van der Waals surface area contributed by atoms with Crippen molar-refractivity contribution in [1.82, 2.24) is 10.2 Å². The van der Waals surface area contributed by atoms with E-state index in [-0.39, 0.29) is 17.9 Å². The topological polar surface area (TPSA) is 49.4 Å². The van der Waals surface area contributed by atoms with Crippen LogP contribution in [0, 0.1) is 20.8 Å². The van der Waals surface area contributed by atoms with E-state index in [4.69, 9.17) is 0 Å². The van der Waals surface area contributed by atoms with Crippen LogP contribution in [0.15, 0.2) is 42.5 Å². The summed E-state index contributed by atoms with van der Waals surface area (Å²) in [6.45, 7) is 8.47. The molecule has 0 aromatic heterocycles. The molecule has 0 saturated heterocycles. The molecule has 3 rings (SSSR count). The monoisotopic (exact) mass is 406 g/mol. The Morgan fingerprint density at radius 2 is 1.70 bits per heavy atom. The first-order valence-electron chi connectivity index (χ1n) is 11.1. The summed E-state index contributed by atoms with van der Waals surface area (Å²) in [6, 6.07) is 13.9. The van der Waals surface area contributed by atoms with E-state index in [1.54, 1.807) is 4.90 Å². The van der Waals surface area contributed by atoms with Gasteiger partial charge < -0.3 is 10.2 Å². The maximum Gasteiger partial charge on any atom is 0.242 e. The Labute approximate surface area is 180 Å². The maximum atomic E-state index is 13.4. The first-order chi connectivity index (χ1) is 14.3. The van der Waals surface area contributed by atoms with Crippen LogP contribution in [0.2, 0.25) is 0 Å². The molecule has 1 N–H and O–H groups in total. The molecular formula is C26H34N2O2. The van der Waals surface area contributed by atoms with Crippen molar-refractivity contribution in [2.24, 2.45) is 0 Å². The van der Waals surface area contributed by atoms with Crippen LogP contribution in [0.3, 0.4) is 0 Å². The second-order valence-electron chi connectivity index (χ2n) is 8.71. The van der Waals surface area contributed by atoms with Crippen molar-refractivity contribution in [1.29, 1.82) is 0 Å². The van der Waals surface area contributed by atoms with E-state index in [0.717, 1.165) is 42.4 Å². The van der Waals surface area contributed by atoms with E-state index in [2.05, 4.69) is 31.3 Å². The summed E-state index contributed by atoms with van der Waals surface area (Å²) in [5.41, 5.74) is 5.59. The molecule has 4 nitrogen and oxygen atoms in total. The fourth-order valence-corrected chi connectivity index (χ4v) is 4.14. The first kappa shape index (κ1) is 22.1. The number of nitrogens with zero attached hydrogens (tertiary/aromatic N) is 1. The highest BCUT2D eigenvalue weighted by molar-refractivity contribution is 5.88. The third-order valence-electron chi connectivity index (χ3n) is 6.40. The summed E-state index contributed by atoms with van der Waals surface area (Å²) < 4.78 is 0. The second kappa shape index (κ2) is 9.92. The maximum absolute atomic E-state index is 13.4. The van der Waals surface area contributed by atoms with Crippen molar-refractivity contribution in [3.05, 3.63) is 70.3 Å². The molecule has 0 aliphatic heterocycles. The molecule has 4 heteroatoms. The molecule has 1 aliphatic rings. The number of amides is 2. The third kappa shape index (κ3) is 5.50. The summed E-state index contributed by atoms with van der Waals surface area (Å²) >= 11 is 0. The molecule has 0 heterocycles. The van der Waals surface area contributed by atoms with Gasteiger partial charge in [-0.1, -0.05) is 55.3 Å². The van der Waals surface area contributed by atoms with Gasteiger partial charge in [-0.05, 0) is 68.4 Å². The van der Waals surface area contributed by atoms with Crippen molar-refractivity contribution in [3.8, 4) is 0 Å². The molecule has 1 aliphatic carbocycles. The highest BCUT2D eigenvalue weighted by Crippen LogP contribution is 2.20. The van der Waals surface area contributed by atoms with E-state index in [0.29, 0.717) is 13.0 Å². The predicted octanol–water partition coefficient (Wildman–Crippen LogP) is 4.63. The average Bonchev–Trinajstić information content (AvgIpc) is 3.22. The Morgan fingerprint density at radius 3 is 2.37 bits per heavy atom. The Morgan fingerprint density at radius 1 is 1.00 bits per heavy atom. The Kier molecular flexibility index (Phi) is 7.30. The highest BCUT2D eigenvalue weighted by Gasteiger charge is 2.28. The lowest BCUT2D eigenvalue weighted by molar-refractivity contribution is -0.140. The van der Waals surface area contributed by atoms with Crippen molar-refractivity contribution in [3.63, 3.8) is 0 Å². The van der Waals surface area contributed by atoms with E-state index in [1.807, 2.05) is 44.2 Å². The van der Waals surface area contributed by atoms with Crippen LogP contribution in [0.5, 0.6) is 0 Å². The SMILES string of the molecule is Cc1ccc(CC(=O)N(Cc2ccccc2C)C(C)C(=O)NC2CCCC2)cc1C. The van der Waals surface area contributed by atoms with Crippen LogP contribution >= 0.6 is 0 Å². The molecule has 2 aromatic rings. The second-order valence-corrected chi connectivity index (χ2v) is 8.71. The molecule has 1 atom stereocenters. The zero-order valence-corrected chi connectivity index (χ0v) is 18.7. The number of hydrogen-bond donors (Lipinski definition) is 1. The minimum absolute atomic E-state index is 0.0180. The van der Waals surface area contributed by atoms with Gasteiger partial charge in [-0.2, -0.15) is 0 Å². The molecule has 0 bridgehead atoms. The summed E-state index contributed by atoms with van der Waals surface area (Å²) in [4.78, 5) is 28.1. The number of nitrogens with one attached hydrogen (secondary N) is 1. The molecule has 0 radical (unpaired) electrons. The molecule has 30 heavy (non-hydrogen) atoms. The normalized spacial score (nSPS) is 15.1. The minimum Gasteiger partial charge on any atom is -0.352 e. The van der Waals surface area contributed by atoms with Crippen LogP contribution in [0.4, 0.5) is 0 Å². The van der Waals surface area contributed by atoms with Crippen molar-refractivity contribution in [2.45, 2.75) is 78.4 Å². The smallest absolute Gasteiger partial charge is 0.242 e. The minimum atomic E-state index is -0.510. The van der Waals surface area contributed by atoms with Gasteiger partial charge in [-0.25, -0.2) is 0 Å². The van der Waals surface area contributed by atoms with Gasteiger partial charge >= 0.3 is 0 Å². The van der Waals surface area contributed by atoms with E-state index >= 15 is 0 Å². The standard InChI is InChI=1S/C26H34N2O2/c1-18-13-14-22(15-20(18)3)16-25(29)28(17-23-10-6-5-9-19(23)2)21(4)26(30)27-24-11-7-8-12-24/h5-6,9-10,13-15,21,24H,7-8,11-12,16-17H2,1-4H3,(H,27,30). The number of benzene rings is 2. The first-order valence-corrected chi connectivity index (χ1v) is 11.1. The van der Waals surface area contributed by atoms with Crippen LogP contribution in [-0.2, 0) is 22.6 Å². The van der Waals surface area contributed by atoms with Crippen LogP contribution in [-0.4, -0.2) is 28.8 Å². The highest BCUT2D eigenvalue weighted by atomic mass is 16.2. The van der Waals surface area contributed by atoms with Gasteiger partial charge in [0, 0.05) is 12.6 Å². The Bertz CT molecular complexity index is 900.